The molecule has 0 N–H and O–H groups in total. The Morgan fingerprint density at radius 1 is 1.10 bits per heavy atom. The lowest BCUT2D eigenvalue weighted by molar-refractivity contribution is 0.171. The van der Waals surface area contributed by atoms with E-state index < -0.39 is 0 Å². The van der Waals surface area contributed by atoms with Crippen molar-refractivity contribution in [3.05, 3.63) is 57.0 Å². The van der Waals surface area contributed by atoms with Crippen molar-refractivity contribution in [2.24, 2.45) is 0 Å². The summed E-state index contributed by atoms with van der Waals surface area (Å²) >= 11 is 13.6. The van der Waals surface area contributed by atoms with Crippen molar-refractivity contribution < 1.29 is 9.47 Å². The molecule has 0 fully saturated rings. The molecule has 0 amide bonds. The Kier molecular flexibility index (Phi) is 4.77. The molecule has 0 radical (unpaired) electrons. The lowest BCUT2D eigenvalue weighted by atomic mass is 10.0. The molecule has 0 spiro atoms. The average Bonchev–Trinajstić information content (AvgIpc) is 2.49. The van der Waals surface area contributed by atoms with E-state index in [9.17, 15) is 0 Å². The third-order valence-electron chi connectivity index (χ3n) is 3.36. The number of rotatable bonds is 3. The van der Waals surface area contributed by atoms with Gasteiger partial charge in [0.05, 0.1) is 0 Å². The van der Waals surface area contributed by atoms with E-state index >= 15 is 0 Å². The summed E-state index contributed by atoms with van der Waals surface area (Å²) < 4.78 is 12.2. The zero-order valence-electron chi connectivity index (χ0n) is 11.1. The van der Waals surface area contributed by atoms with Gasteiger partial charge >= 0.3 is 0 Å². The van der Waals surface area contributed by atoms with Gasteiger partial charge in [0.15, 0.2) is 11.5 Å². The van der Waals surface area contributed by atoms with Gasteiger partial charge in [-0.15, -0.1) is 0 Å². The van der Waals surface area contributed by atoms with Gasteiger partial charge in [0.2, 0.25) is 0 Å². The Bertz CT molecular complexity index is 661. The standard InChI is InChI=1S/C16H13Br2ClO2/c17-12(7-10-3-1-2-4-14(10)19)11-8-15-16(9-13(11)18)21-6-5-20-15/h1-4,8-9,12H,5-7H2. The minimum Gasteiger partial charge on any atom is -0.486 e. The highest BCUT2D eigenvalue weighted by atomic mass is 79.9. The van der Waals surface area contributed by atoms with Crippen molar-refractivity contribution in [2.75, 3.05) is 13.2 Å². The molecule has 1 unspecified atom stereocenters. The zero-order valence-corrected chi connectivity index (χ0v) is 15.0. The maximum atomic E-state index is 6.23. The van der Waals surface area contributed by atoms with Gasteiger partial charge in [0.25, 0.3) is 0 Å². The van der Waals surface area contributed by atoms with Crippen LogP contribution in [0.4, 0.5) is 0 Å². The maximum Gasteiger partial charge on any atom is 0.162 e. The van der Waals surface area contributed by atoms with E-state index in [0.717, 1.165) is 38.5 Å². The lowest BCUT2D eigenvalue weighted by Gasteiger charge is -2.21. The average molecular weight is 433 g/mol. The van der Waals surface area contributed by atoms with Crippen molar-refractivity contribution in [2.45, 2.75) is 11.2 Å². The first-order valence-corrected chi connectivity index (χ1v) is 8.70. The SMILES string of the molecule is Clc1ccccc1CC(Br)c1cc2c(cc1Br)OCCO2. The molecule has 21 heavy (non-hydrogen) atoms. The molecule has 1 aliphatic heterocycles. The Morgan fingerprint density at radius 3 is 2.48 bits per heavy atom. The van der Waals surface area contributed by atoms with Crippen LogP contribution < -0.4 is 9.47 Å². The summed E-state index contributed by atoms with van der Waals surface area (Å²) in [7, 11) is 0. The third kappa shape index (κ3) is 3.38. The Hall–Kier alpha value is -0.710. The molecule has 0 bridgehead atoms. The van der Waals surface area contributed by atoms with Crippen molar-refractivity contribution >= 4 is 43.5 Å². The van der Waals surface area contributed by atoms with Crippen LogP contribution >= 0.6 is 43.5 Å². The van der Waals surface area contributed by atoms with Crippen LogP contribution in [0.3, 0.4) is 0 Å². The highest BCUT2D eigenvalue weighted by molar-refractivity contribution is 9.11. The second-order valence-corrected chi connectivity index (χ2v) is 7.15. The van der Waals surface area contributed by atoms with E-state index in [-0.39, 0.29) is 4.83 Å². The fourth-order valence-corrected chi connectivity index (χ4v) is 4.13. The fraction of sp³-hybridized carbons (Fsp3) is 0.250. The van der Waals surface area contributed by atoms with Crippen LogP contribution in [-0.2, 0) is 6.42 Å². The van der Waals surface area contributed by atoms with Crippen molar-refractivity contribution in [3.63, 3.8) is 0 Å². The number of fused-ring (bicyclic) bond motifs is 1. The lowest BCUT2D eigenvalue weighted by Crippen LogP contribution is -2.15. The second kappa shape index (κ2) is 6.59. The van der Waals surface area contributed by atoms with Crippen LogP contribution in [0.1, 0.15) is 16.0 Å². The summed E-state index contributed by atoms with van der Waals surface area (Å²) in [6.07, 6.45) is 0.803. The molecule has 1 atom stereocenters. The zero-order chi connectivity index (χ0) is 14.8. The third-order valence-corrected chi connectivity index (χ3v) is 5.23. The second-order valence-electron chi connectivity index (χ2n) is 4.78. The minimum atomic E-state index is 0.141. The molecule has 1 aliphatic rings. The van der Waals surface area contributed by atoms with E-state index in [1.807, 2.05) is 36.4 Å². The van der Waals surface area contributed by atoms with Crippen LogP contribution in [0, 0.1) is 0 Å². The van der Waals surface area contributed by atoms with E-state index in [0.29, 0.717) is 13.2 Å². The van der Waals surface area contributed by atoms with Crippen LogP contribution in [-0.4, -0.2) is 13.2 Å². The molecule has 0 aliphatic carbocycles. The largest absolute Gasteiger partial charge is 0.486 e. The highest BCUT2D eigenvalue weighted by Crippen LogP contribution is 2.41. The van der Waals surface area contributed by atoms with Crippen LogP contribution in [0.5, 0.6) is 11.5 Å². The molecular weight excluding hydrogens is 419 g/mol. The predicted molar refractivity (Wildman–Crippen MR) is 92.0 cm³/mol. The van der Waals surface area contributed by atoms with E-state index in [2.05, 4.69) is 31.9 Å². The molecular formula is C16H13Br2ClO2. The fourth-order valence-electron chi connectivity index (χ4n) is 2.29. The van der Waals surface area contributed by atoms with E-state index in [1.54, 1.807) is 0 Å². The quantitative estimate of drug-likeness (QED) is 0.592. The van der Waals surface area contributed by atoms with Crippen LogP contribution in [0.2, 0.25) is 5.02 Å². The molecule has 0 saturated heterocycles. The van der Waals surface area contributed by atoms with Gasteiger partial charge in [-0.25, -0.2) is 0 Å². The van der Waals surface area contributed by atoms with Crippen molar-refractivity contribution in [1.29, 1.82) is 0 Å². The number of halogens is 3. The van der Waals surface area contributed by atoms with Crippen LogP contribution in [0.15, 0.2) is 40.9 Å². The van der Waals surface area contributed by atoms with Crippen molar-refractivity contribution in [3.8, 4) is 11.5 Å². The first kappa shape index (κ1) is 15.2. The van der Waals surface area contributed by atoms with Gasteiger partial charge in [0.1, 0.15) is 13.2 Å². The summed E-state index contributed by atoms with van der Waals surface area (Å²) in [5, 5.41) is 0.788. The minimum absolute atomic E-state index is 0.141. The molecule has 5 heteroatoms. The van der Waals surface area contributed by atoms with Crippen LogP contribution in [0.25, 0.3) is 0 Å². The topological polar surface area (TPSA) is 18.5 Å². The van der Waals surface area contributed by atoms with E-state index in [1.165, 1.54) is 0 Å². The number of benzene rings is 2. The van der Waals surface area contributed by atoms with E-state index in [4.69, 9.17) is 21.1 Å². The first-order chi connectivity index (χ1) is 10.1. The number of hydrogen-bond donors (Lipinski definition) is 0. The first-order valence-electron chi connectivity index (χ1n) is 6.61. The number of alkyl halides is 1. The maximum absolute atomic E-state index is 6.23. The predicted octanol–water partition coefficient (Wildman–Crippen LogP) is 5.55. The highest BCUT2D eigenvalue weighted by Gasteiger charge is 2.19. The summed E-state index contributed by atoms with van der Waals surface area (Å²) in [4.78, 5) is 0.141. The molecule has 2 nitrogen and oxygen atoms in total. The normalized spacial score (nSPS) is 14.8. The van der Waals surface area contributed by atoms with Gasteiger partial charge in [-0.05, 0) is 35.7 Å². The molecule has 110 valence electrons. The summed E-state index contributed by atoms with van der Waals surface area (Å²) in [5.74, 6) is 1.58. The Balaban J connectivity index is 1.87. The van der Waals surface area contributed by atoms with Gasteiger partial charge in [-0.1, -0.05) is 61.7 Å². The summed E-state index contributed by atoms with van der Waals surface area (Å²) in [5.41, 5.74) is 2.24. The molecule has 0 aromatic heterocycles. The number of hydrogen-bond acceptors (Lipinski definition) is 2. The smallest absolute Gasteiger partial charge is 0.162 e. The van der Waals surface area contributed by atoms with Gasteiger partial charge in [-0.3, -0.25) is 0 Å². The van der Waals surface area contributed by atoms with Gasteiger partial charge in [-0.2, -0.15) is 0 Å². The number of ether oxygens (including phenoxy) is 2. The molecule has 2 aromatic carbocycles. The monoisotopic (exact) mass is 430 g/mol. The molecule has 2 aromatic rings. The van der Waals surface area contributed by atoms with Crippen molar-refractivity contribution in [1.82, 2.24) is 0 Å². The Labute approximate surface area is 145 Å². The van der Waals surface area contributed by atoms with Gasteiger partial charge in [0, 0.05) is 14.3 Å². The summed E-state index contributed by atoms with van der Waals surface area (Å²) in [6, 6.07) is 11.9. The Morgan fingerprint density at radius 2 is 1.76 bits per heavy atom. The van der Waals surface area contributed by atoms with Gasteiger partial charge < -0.3 is 9.47 Å². The molecule has 0 saturated carbocycles. The molecule has 3 rings (SSSR count). The molecule has 1 heterocycles. The summed E-state index contributed by atoms with van der Waals surface area (Å²) in [6.45, 7) is 1.18.